The molecule has 0 aromatic carbocycles. The van der Waals surface area contributed by atoms with E-state index in [0.717, 1.165) is 18.4 Å². The second-order valence-electron chi connectivity index (χ2n) is 4.15. The molecule has 1 aromatic heterocycles. The van der Waals surface area contributed by atoms with Crippen molar-refractivity contribution in [2.45, 2.75) is 38.8 Å². The van der Waals surface area contributed by atoms with Crippen molar-refractivity contribution in [1.29, 1.82) is 0 Å². The van der Waals surface area contributed by atoms with Gasteiger partial charge in [0.25, 0.3) is 0 Å². The van der Waals surface area contributed by atoms with Gasteiger partial charge in [0, 0.05) is 25.3 Å². The van der Waals surface area contributed by atoms with Crippen LogP contribution in [-0.2, 0) is 6.54 Å². The number of nitrogens with two attached hydrogens (primary N) is 1. The van der Waals surface area contributed by atoms with Crippen LogP contribution in [0.3, 0.4) is 0 Å². The van der Waals surface area contributed by atoms with Gasteiger partial charge >= 0.3 is 0 Å². The quantitative estimate of drug-likeness (QED) is 0.798. The van der Waals surface area contributed by atoms with Crippen LogP contribution in [0.2, 0.25) is 0 Å². The molecule has 1 fully saturated rings. The lowest BCUT2D eigenvalue weighted by molar-refractivity contribution is 0.749. The summed E-state index contributed by atoms with van der Waals surface area (Å²) in [6.45, 7) is 3.91. The van der Waals surface area contributed by atoms with Crippen LogP contribution in [0.15, 0.2) is 18.3 Å². The fourth-order valence-electron chi connectivity index (χ4n) is 1.86. The standard InChI is InChI=1S/C12H19N3/c1-2-7-15(11-3-4-11)12-8-10(9-13)5-6-14-12/h5-6,8,11H,2-4,7,9,13H2,1H3. The highest BCUT2D eigenvalue weighted by Gasteiger charge is 2.29. The molecule has 0 saturated heterocycles. The van der Waals surface area contributed by atoms with E-state index in [-0.39, 0.29) is 0 Å². The van der Waals surface area contributed by atoms with Gasteiger partial charge in [-0.1, -0.05) is 6.92 Å². The number of hydrogen-bond acceptors (Lipinski definition) is 3. The van der Waals surface area contributed by atoms with Crippen LogP contribution in [0.4, 0.5) is 5.82 Å². The number of aromatic nitrogens is 1. The molecular formula is C12H19N3. The number of hydrogen-bond donors (Lipinski definition) is 1. The van der Waals surface area contributed by atoms with Crippen molar-refractivity contribution in [1.82, 2.24) is 4.98 Å². The maximum atomic E-state index is 5.64. The zero-order valence-electron chi connectivity index (χ0n) is 9.32. The Balaban J connectivity index is 2.16. The first-order chi connectivity index (χ1) is 7.35. The van der Waals surface area contributed by atoms with E-state index in [1.807, 2.05) is 12.3 Å². The molecule has 0 spiro atoms. The molecule has 0 aliphatic heterocycles. The van der Waals surface area contributed by atoms with E-state index in [9.17, 15) is 0 Å². The van der Waals surface area contributed by atoms with Crippen LogP contribution in [0.25, 0.3) is 0 Å². The van der Waals surface area contributed by atoms with Gasteiger partial charge in [0.05, 0.1) is 0 Å². The lowest BCUT2D eigenvalue weighted by Gasteiger charge is -2.23. The minimum Gasteiger partial charge on any atom is -0.354 e. The molecule has 1 aliphatic rings. The predicted molar refractivity (Wildman–Crippen MR) is 62.8 cm³/mol. The van der Waals surface area contributed by atoms with Gasteiger partial charge in [-0.25, -0.2) is 4.98 Å². The van der Waals surface area contributed by atoms with Gasteiger partial charge in [0.1, 0.15) is 5.82 Å². The zero-order chi connectivity index (χ0) is 10.7. The molecule has 0 atom stereocenters. The molecule has 1 aromatic rings. The zero-order valence-corrected chi connectivity index (χ0v) is 9.32. The number of anilines is 1. The molecule has 3 heteroatoms. The highest BCUT2D eigenvalue weighted by atomic mass is 15.2. The van der Waals surface area contributed by atoms with Gasteiger partial charge in [-0.05, 0) is 37.0 Å². The Bertz CT molecular complexity index is 320. The largest absolute Gasteiger partial charge is 0.354 e. The molecular weight excluding hydrogens is 186 g/mol. The van der Waals surface area contributed by atoms with Crippen LogP contribution in [0.5, 0.6) is 0 Å². The molecule has 0 radical (unpaired) electrons. The molecule has 0 bridgehead atoms. The normalized spacial score (nSPS) is 15.3. The third-order valence-electron chi connectivity index (χ3n) is 2.79. The van der Waals surface area contributed by atoms with Gasteiger partial charge in [0.2, 0.25) is 0 Å². The third-order valence-corrected chi connectivity index (χ3v) is 2.79. The molecule has 2 N–H and O–H groups in total. The maximum absolute atomic E-state index is 5.64. The SMILES string of the molecule is CCCN(c1cc(CN)ccn1)C1CC1. The van der Waals surface area contributed by atoms with Crippen LogP contribution in [0, 0.1) is 0 Å². The van der Waals surface area contributed by atoms with Crippen molar-refractivity contribution in [2.75, 3.05) is 11.4 Å². The van der Waals surface area contributed by atoms with Crippen LogP contribution in [0.1, 0.15) is 31.7 Å². The van der Waals surface area contributed by atoms with Gasteiger partial charge in [0.15, 0.2) is 0 Å². The third kappa shape index (κ3) is 2.48. The molecule has 0 unspecified atom stereocenters. The Hall–Kier alpha value is -1.09. The fourth-order valence-corrected chi connectivity index (χ4v) is 1.86. The molecule has 1 heterocycles. The van der Waals surface area contributed by atoms with Gasteiger partial charge in [-0.2, -0.15) is 0 Å². The lowest BCUT2D eigenvalue weighted by atomic mass is 10.2. The van der Waals surface area contributed by atoms with E-state index >= 15 is 0 Å². The highest BCUT2D eigenvalue weighted by molar-refractivity contribution is 5.43. The second-order valence-corrected chi connectivity index (χ2v) is 4.15. The first-order valence-electron chi connectivity index (χ1n) is 5.76. The summed E-state index contributed by atoms with van der Waals surface area (Å²) < 4.78 is 0. The maximum Gasteiger partial charge on any atom is 0.129 e. The fraction of sp³-hybridized carbons (Fsp3) is 0.583. The minimum absolute atomic E-state index is 0.597. The number of pyridine rings is 1. The predicted octanol–water partition coefficient (Wildman–Crippen LogP) is 1.92. The summed E-state index contributed by atoms with van der Waals surface area (Å²) in [5.41, 5.74) is 6.81. The second kappa shape index (κ2) is 4.62. The smallest absolute Gasteiger partial charge is 0.129 e. The topological polar surface area (TPSA) is 42.1 Å². The van der Waals surface area contributed by atoms with Crippen molar-refractivity contribution in [3.05, 3.63) is 23.9 Å². The summed E-state index contributed by atoms with van der Waals surface area (Å²) >= 11 is 0. The van der Waals surface area contributed by atoms with Crippen molar-refractivity contribution in [2.24, 2.45) is 5.73 Å². The first-order valence-corrected chi connectivity index (χ1v) is 5.76. The molecule has 3 nitrogen and oxygen atoms in total. The summed E-state index contributed by atoms with van der Waals surface area (Å²) in [6.07, 6.45) is 5.66. The van der Waals surface area contributed by atoms with Crippen LogP contribution in [-0.4, -0.2) is 17.6 Å². The Morgan fingerprint density at radius 2 is 2.33 bits per heavy atom. The Morgan fingerprint density at radius 1 is 1.53 bits per heavy atom. The summed E-state index contributed by atoms with van der Waals surface area (Å²) in [4.78, 5) is 6.85. The molecule has 82 valence electrons. The van der Waals surface area contributed by atoms with Crippen molar-refractivity contribution < 1.29 is 0 Å². The average Bonchev–Trinajstić information content (AvgIpc) is 3.10. The molecule has 1 aliphatic carbocycles. The summed E-state index contributed by atoms with van der Waals surface area (Å²) in [7, 11) is 0. The van der Waals surface area contributed by atoms with Crippen LogP contribution >= 0.6 is 0 Å². The Morgan fingerprint density at radius 3 is 2.93 bits per heavy atom. The summed E-state index contributed by atoms with van der Waals surface area (Å²) in [6, 6.07) is 4.83. The summed E-state index contributed by atoms with van der Waals surface area (Å²) in [5, 5.41) is 0. The molecule has 2 rings (SSSR count). The molecule has 0 amide bonds. The van der Waals surface area contributed by atoms with E-state index in [4.69, 9.17) is 5.73 Å². The van der Waals surface area contributed by atoms with Crippen molar-refractivity contribution >= 4 is 5.82 Å². The van der Waals surface area contributed by atoms with Gasteiger partial charge in [-0.15, -0.1) is 0 Å². The number of nitrogens with zero attached hydrogens (tertiary/aromatic N) is 2. The van der Waals surface area contributed by atoms with E-state index in [0.29, 0.717) is 6.54 Å². The Labute approximate surface area is 91.3 Å². The highest BCUT2D eigenvalue weighted by Crippen LogP contribution is 2.30. The lowest BCUT2D eigenvalue weighted by Crippen LogP contribution is -2.27. The van der Waals surface area contributed by atoms with Gasteiger partial charge < -0.3 is 10.6 Å². The minimum atomic E-state index is 0.597. The number of rotatable bonds is 5. The van der Waals surface area contributed by atoms with E-state index in [1.54, 1.807) is 0 Å². The van der Waals surface area contributed by atoms with Crippen LogP contribution < -0.4 is 10.6 Å². The monoisotopic (exact) mass is 205 g/mol. The van der Waals surface area contributed by atoms with Gasteiger partial charge in [-0.3, -0.25) is 0 Å². The van der Waals surface area contributed by atoms with E-state index in [2.05, 4.69) is 22.9 Å². The van der Waals surface area contributed by atoms with E-state index < -0.39 is 0 Å². The average molecular weight is 205 g/mol. The van der Waals surface area contributed by atoms with E-state index in [1.165, 1.54) is 24.8 Å². The molecule has 1 saturated carbocycles. The summed E-state index contributed by atoms with van der Waals surface area (Å²) in [5.74, 6) is 1.10. The molecule has 15 heavy (non-hydrogen) atoms. The van der Waals surface area contributed by atoms with Crippen molar-refractivity contribution in [3.63, 3.8) is 0 Å². The Kier molecular flexibility index (Phi) is 3.21. The van der Waals surface area contributed by atoms with Crippen molar-refractivity contribution in [3.8, 4) is 0 Å². The first kappa shape index (κ1) is 10.4.